The SMILES string of the molecule is Cc1ccc(CC(CBr)(CBr)Cc2ccccc2)cc1. The lowest BCUT2D eigenvalue weighted by Gasteiger charge is -2.30. The summed E-state index contributed by atoms with van der Waals surface area (Å²) in [6, 6.07) is 19.7. The number of aryl methyl sites for hydroxylation is 1. The van der Waals surface area contributed by atoms with Crippen LogP contribution in [0.5, 0.6) is 0 Å². The lowest BCUT2D eigenvalue weighted by Crippen LogP contribution is -2.30. The Bertz CT molecular complexity index is 513. The molecule has 0 saturated heterocycles. The van der Waals surface area contributed by atoms with E-state index in [9.17, 15) is 0 Å². The lowest BCUT2D eigenvalue weighted by molar-refractivity contribution is 0.386. The zero-order chi connectivity index (χ0) is 14.4. The number of alkyl halides is 2. The second-order valence-corrected chi connectivity index (χ2v) is 6.71. The molecule has 0 N–H and O–H groups in total. The van der Waals surface area contributed by atoms with Crippen molar-refractivity contribution in [2.75, 3.05) is 10.7 Å². The van der Waals surface area contributed by atoms with Crippen molar-refractivity contribution in [1.29, 1.82) is 0 Å². The van der Waals surface area contributed by atoms with Crippen LogP contribution in [-0.4, -0.2) is 10.7 Å². The Morgan fingerprint density at radius 3 is 1.75 bits per heavy atom. The van der Waals surface area contributed by atoms with Gasteiger partial charge in [0.15, 0.2) is 0 Å². The highest BCUT2D eigenvalue weighted by Crippen LogP contribution is 2.32. The van der Waals surface area contributed by atoms with E-state index >= 15 is 0 Å². The van der Waals surface area contributed by atoms with E-state index in [4.69, 9.17) is 0 Å². The van der Waals surface area contributed by atoms with Gasteiger partial charge < -0.3 is 0 Å². The van der Waals surface area contributed by atoms with E-state index in [-0.39, 0.29) is 5.41 Å². The van der Waals surface area contributed by atoms with Gasteiger partial charge in [0.1, 0.15) is 0 Å². The van der Waals surface area contributed by atoms with Crippen LogP contribution in [0.1, 0.15) is 16.7 Å². The van der Waals surface area contributed by atoms with Crippen LogP contribution in [0.25, 0.3) is 0 Å². The molecule has 2 rings (SSSR count). The first-order valence-electron chi connectivity index (χ1n) is 6.89. The Morgan fingerprint density at radius 1 is 0.750 bits per heavy atom. The molecular weight excluding hydrogens is 376 g/mol. The summed E-state index contributed by atoms with van der Waals surface area (Å²) in [5.41, 5.74) is 4.35. The fraction of sp³-hybridized carbons (Fsp3) is 0.333. The topological polar surface area (TPSA) is 0 Å². The monoisotopic (exact) mass is 394 g/mol. The van der Waals surface area contributed by atoms with E-state index in [1.165, 1.54) is 16.7 Å². The van der Waals surface area contributed by atoms with Crippen LogP contribution in [0.2, 0.25) is 0 Å². The molecule has 0 aliphatic rings. The normalized spacial score (nSPS) is 11.6. The Morgan fingerprint density at radius 2 is 1.25 bits per heavy atom. The zero-order valence-corrected chi connectivity index (χ0v) is 15.0. The molecule has 0 amide bonds. The van der Waals surface area contributed by atoms with Gasteiger partial charge in [-0.3, -0.25) is 0 Å². The second-order valence-electron chi connectivity index (χ2n) is 5.59. The summed E-state index contributed by atoms with van der Waals surface area (Å²) in [7, 11) is 0. The molecule has 0 atom stereocenters. The minimum Gasteiger partial charge on any atom is -0.0921 e. The standard InChI is InChI=1S/C18H20Br2/c1-15-7-9-17(10-8-15)12-18(13-19,14-20)11-16-5-3-2-4-6-16/h2-10H,11-14H2,1H3. The van der Waals surface area contributed by atoms with E-state index in [1.54, 1.807) is 0 Å². The van der Waals surface area contributed by atoms with Crippen LogP contribution in [0, 0.1) is 12.3 Å². The van der Waals surface area contributed by atoms with E-state index in [2.05, 4.69) is 93.4 Å². The highest BCUT2D eigenvalue weighted by molar-refractivity contribution is 9.09. The van der Waals surface area contributed by atoms with Gasteiger partial charge >= 0.3 is 0 Å². The Hall–Kier alpha value is -0.600. The highest BCUT2D eigenvalue weighted by atomic mass is 79.9. The van der Waals surface area contributed by atoms with Crippen molar-refractivity contribution < 1.29 is 0 Å². The maximum absolute atomic E-state index is 3.73. The first-order chi connectivity index (χ1) is 9.67. The fourth-order valence-electron chi connectivity index (χ4n) is 2.46. The average Bonchev–Trinajstić information content (AvgIpc) is 2.50. The maximum Gasteiger partial charge on any atom is 0.0102 e. The van der Waals surface area contributed by atoms with Gasteiger partial charge in [0.2, 0.25) is 0 Å². The zero-order valence-electron chi connectivity index (χ0n) is 11.8. The second kappa shape index (κ2) is 7.42. The fourth-order valence-corrected chi connectivity index (χ4v) is 4.18. The molecule has 0 fully saturated rings. The van der Waals surface area contributed by atoms with Crippen molar-refractivity contribution in [2.24, 2.45) is 5.41 Å². The third kappa shape index (κ3) is 4.20. The first-order valence-corrected chi connectivity index (χ1v) is 9.13. The van der Waals surface area contributed by atoms with E-state index in [1.807, 2.05) is 0 Å². The molecule has 20 heavy (non-hydrogen) atoms. The summed E-state index contributed by atoms with van der Waals surface area (Å²) in [6.45, 7) is 2.13. The van der Waals surface area contributed by atoms with Crippen molar-refractivity contribution in [3.05, 3.63) is 71.3 Å². The molecular formula is C18H20Br2. The smallest absolute Gasteiger partial charge is 0.0102 e. The van der Waals surface area contributed by atoms with Gasteiger partial charge in [-0.25, -0.2) is 0 Å². The molecule has 0 unspecified atom stereocenters. The minimum absolute atomic E-state index is 0.219. The number of rotatable bonds is 6. The molecule has 0 aliphatic heterocycles. The van der Waals surface area contributed by atoms with Crippen LogP contribution in [-0.2, 0) is 12.8 Å². The molecule has 0 radical (unpaired) electrons. The molecule has 0 heterocycles. The Kier molecular flexibility index (Phi) is 5.86. The molecule has 2 aromatic rings. The molecule has 0 saturated carbocycles. The average molecular weight is 396 g/mol. The van der Waals surface area contributed by atoms with Crippen molar-refractivity contribution in [3.63, 3.8) is 0 Å². The van der Waals surface area contributed by atoms with Gasteiger partial charge in [-0.05, 0) is 36.3 Å². The predicted octanol–water partition coefficient (Wildman–Crippen LogP) is 5.56. The number of halogens is 2. The van der Waals surface area contributed by atoms with Gasteiger partial charge in [0, 0.05) is 10.7 Å². The van der Waals surface area contributed by atoms with Crippen LogP contribution in [0.4, 0.5) is 0 Å². The summed E-state index contributed by atoms with van der Waals surface area (Å²) in [6.07, 6.45) is 2.16. The molecule has 0 bridgehead atoms. The summed E-state index contributed by atoms with van der Waals surface area (Å²) < 4.78 is 0. The first kappa shape index (κ1) is 15.8. The molecule has 2 aromatic carbocycles. The van der Waals surface area contributed by atoms with Crippen molar-refractivity contribution >= 4 is 31.9 Å². The Balaban J connectivity index is 2.18. The van der Waals surface area contributed by atoms with Crippen molar-refractivity contribution in [3.8, 4) is 0 Å². The summed E-state index contributed by atoms with van der Waals surface area (Å²) in [4.78, 5) is 0. The summed E-state index contributed by atoms with van der Waals surface area (Å²) in [5.74, 6) is 0. The lowest BCUT2D eigenvalue weighted by atomic mass is 9.80. The van der Waals surface area contributed by atoms with Gasteiger partial charge in [-0.15, -0.1) is 0 Å². The van der Waals surface area contributed by atoms with Crippen molar-refractivity contribution in [1.82, 2.24) is 0 Å². The molecule has 106 valence electrons. The van der Waals surface area contributed by atoms with Crippen LogP contribution in [0.3, 0.4) is 0 Å². The van der Waals surface area contributed by atoms with E-state index in [0.717, 1.165) is 23.5 Å². The van der Waals surface area contributed by atoms with Gasteiger partial charge in [-0.1, -0.05) is 92.0 Å². The van der Waals surface area contributed by atoms with Crippen molar-refractivity contribution in [2.45, 2.75) is 19.8 Å². The third-order valence-corrected chi connectivity index (χ3v) is 6.07. The van der Waals surface area contributed by atoms with Crippen LogP contribution in [0.15, 0.2) is 54.6 Å². The number of benzene rings is 2. The van der Waals surface area contributed by atoms with Crippen LogP contribution >= 0.6 is 31.9 Å². The molecule has 0 spiro atoms. The van der Waals surface area contributed by atoms with Crippen LogP contribution < -0.4 is 0 Å². The quantitative estimate of drug-likeness (QED) is 0.562. The Labute approximate surface area is 138 Å². The van der Waals surface area contributed by atoms with Gasteiger partial charge in [0.25, 0.3) is 0 Å². The van der Waals surface area contributed by atoms with E-state index < -0.39 is 0 Å². The molecule has 0 nitrogen and oxygen atoms in total. The maximum atomic E-state index is 3.73. The number of hydrogen-bond donors (Lipinski definition) is 0. The summed E-state index contributed by atoms with van der Waals surface area (Å²) >= 11 is 7.47. The van der Waals surface area contributed by atoms with E-state index in [0.29, 0.717) is 0 Å². The van der Waals surface area contributed by atoms with Gasteiger partial charge in [0.05, 0.1) is 0 Å². The predicted molar refractivity (Wildman–Crippen MR) is 95.1 cm³/mol. The molecule has 0 aliphatic carbocycles. The number of hydrogen-bond acceptors (Lipinski definition) is 0. The highest BCUT2D eigenvalue weighted by Gasteiger charge is 2.28. The molecule has 2 heteroatoms. The minimum atomic E-state index is 0.219. The summed E-state index contributed by atoms with van der Waals surface area (Å²) in [5, 5.41) is 1.99. The largest absolute Gasteiger partial charge is 0.0921 e. The third-order valence-electron chi connectivity index (χ3n) is 3.69. The van der Waals surface area contributed by atoms with Gasteiger partial charge in [-0.2, -0.15) is 0 Å². The molecule has 0 aromatic heterocycles.